The van der Waals surface area contributed by atoms with Gasteiger partial charge in [0.15, 0.2) is 0 Å². The van der Waals surface area contributed by atoms with Gasteiger partial charge in [0.25, 0.3) is 0 Å². The Hall–Kier alpha value is -1.11. The van der Waals surface area contributed by atoms with Gasteiger partial charge in [-0.15, -0.1) is 0 Å². The highest BCUT2D eigenvalue weighted by atomic mass is 14.7. The fourth-order valence-corrected chi connectivity index (χ4v) is 1.12. The quantitative estimate of drug-likeness (QED) is 0.640. The number of aryl methyl sites for hydroxylation is 1. The van der Waals surface area contributed by atoms with E-state index in [0.29, 0.717) is 0 Å². The third-order valence-electron chi connectivity index (χ3n) is 1.64. The van der Waals surface area contributed by atoms with Gasteiger partial charge in [-0.1, -0.05) is 26.0 Å². The van der Waals surface area contributed by atoms with E-state index in [1.807, 2.05) is 12.1 Å². The molecular formula is C10H13N. The topological polar surface area (TPSA) is 12.9 Å². The van der Waals surface area contributed by atoms with Crippen LogP contribution in [0.5, 0.6) is 0 Å². The monoisotopic (exact) mass is 147 g/mol. The smallest absolute Gasteiger partial charge is 0.0655 e. The number of hydrogen-bond acceptors (Lipinski definition) is 1. The fraction of sp³-hybridized carbons (Fsp3) is 0.300. The molecule has 1 aromatic heterocycles. The molecule has 0 amide bonds. The van der Waals surface area contributed by atoms with Gasteiger partial charge in [0.1, 0.15) is 0 Å². The highest BCUT2D eigenvalue weighted by molar-refractivity contribution is 5.46. The summed E-state index contributed by atoms with van der Waals surface area (Å²) < 4.78 is 0. The fourth-order valence-electron chi connectivity index (χ4n) is 1.12. The third-order valence-corrected chi connectivity index (χ3v) is 1.64. The molecule has 0 saturated carbocycles. The Morgan fingerprint density at radius 1 is 1.64 bits per heavy atom. The number of rotatable bonds is 3. The minimum atomic E-state index is 1.02. The van der Waals surface area contributed by atoms with Crippen LogP contribution in [-0.2, 0) is 6.42 Å². The van der Waals surface area contributed by atoms with E-state index in [4.69, 9.17) is 0 Å². The number of aromatic nitrogens is 1. The van der Waals surface area contributed by atoms with E-state index in [-0.39, 0.29) is 0 Å². The maximum atomic E-state index is 4.20. The maximum absolute atomic E-state index is 4.20. The molecule has 1 aromatic rings. The van der Waals surface area contributed by atoms with Crippen molar-refractivity contribution in [3.05, 3.63) is 36.2 Å². The Morgan fingerprint density at radius 2 is 2.45 bits per heavy atom. The first kappa shape index (κ1) is 7.99. The SMILES string of the molecule is C=Cc1ncccc1CCC. The van der Waals surface area contributed by atoms with Gasteiger partial charge >= 0.3 is 0 Å². The molecule has 0 aliphatic heterocycles. The van der Waals surface area contributed by atoms with E-state index < -0.39 is 0 Å². The summed E-state index contributed by atoms with van der Waals surface area (Å²) in [4.78, 5) is 4.20. The van der Waals surface area contributed by atoms with Gasteiger partial charge in [-0.3, -0.25) is 4.98 Å². The third kappa shape index (κ3) is 1.90. The van der Waals surface area contributed by atoms with Gasteiger partial charge < -0.3 is 0 Å². The number of pyridine rings is 1. The summed E-state index contributed by atoms with van der Waals surface area (Å²) in [6.07, 6.45) is 5.86. The van der Waals surface area contributed by atoms with Crippen LogP contribution in [0.1, 0.15) is 24.6 Å². The average Bonchev–Trinajstić information content (AvgIpc) is 2.06. The van der Waals surface area contributed by atoms with Crippen molar-refractivity contribution in [3.8, 4) is 0 Å². The molecule has 1 nitrogen and oxygen atoms in total. The zero-order chi connectivity index (χ0) is 8.10. The molecule has 0 unspecified atom stereocenters. The van der Waals surface area contributed by atoms with Crippen molar-refractivity contribution in [2.24, 2.45) is 0 Å². The summed E-state index contributed by atoms with van der Waals surface area (Å²) in [5.74, 6) is 0. The largest absolute Gasteiger partial charge is 0.257 e. The average molecular weight is 147 g/mol. The molecule has 1 rings (SSSR count). The van der Waals surface area contributed by atoms with E-state index in [9.17, 15) is 0 Å². The summed E-state index contributed by atoms with van der Waals surface area (Å²) in [6.45, 7) is 5.88. The van der Waals surface area contributed by atoms with E-state index in [1.165, 1.54) is 5.56 Å². The van der Waals surface area contributed by atoms with Crippen molar-refractivity contribution in [2.45, 2.75) is 19.8 Å². The molecule has 0 N–H and O–H groups in total. The van der Waals surface area contributed by atoms with Crippen molar-refractivity contribution >= 4 is 6.08 Å². The zero-order valence-corrected chi connectivity index (χ0v) is 6.88. The Morgan fingerprint density at radius 3 is 3.09 bits per heavy atom. The summed E-state index contributed by atoms with van der Waals surface area (Å²) in [5.41, 5.74) is 2.32. The highest BCUT2D eigenvalue weighted by Gasteiger charge is 1.95. The molecule has 11 heavy (non-hydrogen) atoms. The predicted octanol–water partition coefficient (Wildman–Crippen LogP) is 2.68. The summed E-state index contributed by atoms with van der Waals surface area (Å²) >= 11 is 0. The van der Waals surface area contributed by atoms with Gasteiger partial charge in [0, 0.05) is 6.20 Å². The highest BCUT2D eigenvalue weighted by Crippen LogP contribution is 2.08. The molecule has 0 aromatic carbocycles. The minimum absolute atomic E-state index is 1.02. The van der Waals surface area contributed by atoms with Crippen molar-refractivity contribution in [2.75, 3.05) is 0 Å². The second-order valence-electron chi connectivity index (χ2n) is 2.50. The van der Waals surface area contributed by atoms with Crippen LogP contribution in [-0.4, -0.2) is 4.98 Å². The zero-order valence-electron chi connectivity index (χ0n) is 6.88. The molecule has 0 atom stereocenters. The summed E-state index contributed by atoms with van der Waals surface area (Å²) in [6, 6.07) is 4.07. The van der Waals surface area contributed by atoms with Gasteiger partial charge in [-0.25, -0.2) is 0 Å². The van der Waals surface area contributed by atoms with Gasteiger partial charge in [0.2, 0.25) is 0 Å². The molecule has 0 bridgehead atoms. The molecule has 0 radical (unpaired) electrons. The van der Waals surface area contributed by atoms with Crippen molar-refractivity contribution in [1.29, 1.82) is 0 Å². The molecule has 1 heterocycles. The predicted molar refractivity (Wildman–Crippen MR) is 48.3 cm³/mol. The van der Waals surface area contributed by atoms with Crippen LogP contribution in [0.25, 0.3) is 6.08 Å². The van der Waals surface area contributed by atoms with Crippen LogP contribution < -0.4 is 0 Å². The lowest BCUT2D eigenvalue weighted by atomic mass is 10.1. The Balaban J connectivity index is 2.92. The summed E-state index contributed by atoms with van der Waals surface area (Å²) in [5, 5.41) is 0. The minimum Gasteiger partial charge on any atom is -0.257 e. The maximum Gasteiger partial charge on any atom is 0.0655 e. The summed E-state index contributed by atoms with van der Waals surface area (Å²) in [7, 11) is 0. The van der Waals surface area contributed by atoms with Crippen LogP contribution in [0.15, 0.2) is 24.9 Å². The van der Waals surface area contributed by atoms with Crippen LogP contribution >= 0.6 is 0 Å². The van der Waals surface area contributed by atoms with Crippen LogP contribution in [0.2, 0.25) is 0 Å². The van der Waals surface area contributed by atoms with Gasteiger partial charge in [-0.05, 0) is 24.1 Å². The molecular weight excluding hydrogens is 134 g/mol. The lowest BCUT2D eigenvalue weighted by Gasteiger charge is -2.00. The Labute approximate surface area is 67.8 Å². The second-order valence-corrected chi connectivity index (χ2v) is 2.50. The first-order valence-corrected chi connectivity index (χ1v) is 3.94. The lowest BCUT2D eigenvalue weighted by molar-refractivity contribution is 0.910. The molecule has 0 saturated heterocycles. The van der Waals surface area contributed by atoms with Crippen molar-refractivity contribution in [1.82, 2.24) is 4.98 Å². The van der Waals surface area contributed by atoms with E-state index in [0.717, 1.165) is 18.5 Å². The molecule has 0 aliphatic rings. The normalized spacial score (nSPS) is 9.55. The number of nitrogens with zero attached hydrogens (tertiary/aromatic N) is 1. The standard InChI is InChI=1S/C10H13N/c1-3-6-9-7-5-8-11-10(9)4-2/h4-5,7-8H,2-3,6H2,1H3. The van der Waals surface area contributed by atoms with Crippen LogP contribution in [0, 0.1) is 0 Å². The Bertz CT molecular complexity index is 240. The lowest BCUT2D eigenvalue weighted by Crippen LogP contribution is -1.90. The molecule has 58 valence electrons. The molecule has 0 fully saturated rings. The van der Waals surface area contributed by atoms with E-state index >= 15 is 0 Å². The van der Waals surface area contributed by atoms with Crippen molar-refractivity contribution in [3.63, 3.8) is 0 Å². The van der Waals surface area contributed by atoms with Gasteiger partial charge in [0.05, 0.1) is 5.69 Å². The van der Waals surface area contributed by atoms with Crippen molar-refractivity contribution < 1.29 is 0 Å². The van der Waals surface area contributed by atoms with Gasteiger partial charge in [-0.2, -0.15) is 0 Å². The molecule has 1 heteroatoms. The van der Waals surface area contributed by atoms with E-state index in [1.54, 1.807) is 6.20 Å². The Kier molecular flexibility index (Phi) is 2.84. The molecule has 0 aliphatic carbocycles. The van der Waals surface area contributed by atoms with Crippen LogP contribution in [0.4, 0.5) is 0 Å². The first-order chi connectivity index (χ1) is 5.38. The van der Waals surface area contributed by atoms with Crippen LogP contribution in [0.3, 0.4) is 0 Å². The first-order valence-electron chi connectivity index (χ1n) is 3.94. The number of hydrogen-bond donors (Lipinski definition) is 0. The van der Waals surface area contributed by atoms with E-state index in [2.05, 4.69) is 24.6 Å². The molecule has 0 spiro atoms. The second kappa shape index (κ2) is 3.91.